The fraction of sp³-hybridized carbons (Fsp3) is 0.267. The molecule has 0 saturated carbocycles. The van der Waals surface area contributed by atoms with Crippen LogP contribution in [0, 0.1) is 0 Å². The molecule has 0 unspecified atom stereocenters. The van der Waals surface area contributed by atoms with Crippen LogP contribution in [0.5, 0.6) is 0 Å². The quantitative estimate of drug-likeness (QED) is 0.944. The Labute approximate surface area is 125 Å². The Morgan fingerprint density at radius 1 is 1.14 bits per heavy atom. The number of hydrogen-bond donors (Lipinski definition) is 1. The van der Waals surface area contributed by atoms with Crippen molar-refractivity contribution >= 4 is 21.9 Å². The molecule has 0 aliphatic carbocycles. The lowest BCUT2D eigenvalue weighted by Crippen LogP contribution is -2.26. The molecule has 112 valence electrons. The van der Waals surface area contributed by atoms with Gasteiger partial charge in [-0.25, -0.2) is 13.1 Å². The Morgan fingerprint density at radius 3 is 2.43 bits per heavy atom. The molecule has 2 aromatic rings. The molecule has 0 radical (unpaired) electrons. The Balaban J connectivity index is 2.19. The maximum atomic E-state index is 12.1. The summed E-state index contributed by atoms with van der Waals surface area (Å²) >= 11 is 0. The highest BCUT2D eigenvalue weighted by molar-refractivity contribution is 7.95. The number of aromatic nitrogens is 2. The van der Waals surface area contributed by atoms with Gasteiger partial charge in [0.25, 0.3) is 10.0 Å². The van der Waals surface area contributed by atoms with Crippen molar-refractivity contribution in [3.63, 3.8) is 0 Å². The molecule has 1 N–H and O–H groups in total. The van der Waals surface area contributed by atoms with E-state index >= 15 is 0 Å². The molecule has 0 saturated heterocycles. The Kier molecular flexibility index (Phi) is 4.18. The van der Waals surface area contributed by atoms with Crippen molar-refractivity contribution < 1.29 is 8.42 Å². The van der Waals surface area contributed by atoms with Gasteiger partial charge >= 0.3 is 0 Å². The first-order chi connectivity index (χ1) is 9.78. The van der Waals surface area contributed by atoms with Gasteiger partial charge < -0.3 is 0 Å². The van der Waals surface area contributed by atoms with Gasteiger partial charge in [-0.2, -0.15) is 5.10 Å². The first kappa shape index (κ1) is 15.3. The van der Waals surface area contributed by atoms with Crippen LogP contribution >= 0.6 is 0 Å². The molecular weight excluding hydrogens is 286 g/mol. The van der Waals surface area contributed by atoms with Gasteiger partial charge in [-0.15, -0.1) is 0 Å². The summed E-state index contributed by atoms with van der Waals surface area (Å²) in [5.74, 6) is 0.445. The van der Waals surface area contributed by atoms with Crippen LogP contribution in [0.15, 0.2) is 48.0 Å². The topological polar surface area (TPSA) is 64.0 Å². The SMILES string of the molecule is CC(C)(C)n1nccc1NS(=O)(=O)/C=C/c1ccccc1. The third kappa shape index (κ3) is 4.19. The van der Waals surface area contributed by atoms with E-state index in [1.807, 2.05) is 51.1 Å². The summed E-state index contributed by atoms with van der Waals surface area (Å²) in [6.07, 6.45) is 3.13. The fourth-order valence-corrected chi connectivity index (χ4v) is 2.68. The lowest BCUT2D eigenvalue weighted by molar-refractivity contribution is 0.361. The summed E-state index contributed by atoms with van der Waals surface area (Å²) in [5, 5.41) is 5.31. The molecule has 0 bridgehead atoms. The van der Waals surface area contributed by atoms with Gasteiger partial charge in [-0.05, 0) is 32.4 Å². The van der Waals surface area contributed by atoms with Crippen LogP contribution in [0.1, 0.15) is 26.3 Å². The summed E-state index contributed by atoms with van der Waals surface area (Å²) in [7, 11) is -3.58. The zero-order valence-electron chi connectivity index (χ0n) is 12.3. The number of nitrogens with zero attached hydrogens (tertiary/aromatic N) is 2. The molecule has 0 fully saturated rings. The largest absolute Gasteiger partial charge is 0.264 e. The number of rotatable bonds is 4. The third-order valence-corrected chi connectivity index (χ3v) is 3.75. The smallest absolute Gasteiger partial charge is 0.256 e. The van der Waals surface area contributed by atoms with Crippen LogP contribution in [0.4, 0.5) is 5.82 Å². The van der Waals surface area contributed by atoms with E-state index in [4.69, 9.17) is 0 Å². The van der Waals surface area contributed by atoms with Crippen molar-refractivity contribution in [3.8, 4) is 0 Å². The number of sulfonamides is 1. The molecule has 21 heavy (non-hydrogen) atoms. The second-order valence-electron chi connectivity index (χ2n) is 5.66. The monoisotopic (exact) mass is 305 g/mol. The van der Waals surface area contributed by atoms with Crippen LogP contribution in [0.3, 0.4) is 0 Å². The van der Waals surface area contributed by atoms with Crippen molar-refractivity contribution in [2.45, 2.75) is 26.3 Å². The number of benzene rings is 1. The third-order valence-electron chi connectivity index (χ3n) is 2.76. The van der Waals surface area contributed by atoms with Crippen LogP contribution in [-0.2, 0) is 15.6 Å². The van der Waals surface area contributed by atoms with Gasteiger partial charge in [-0.1, -0.05) is 30.3 Å². The fourth-order valence-electron chi connectivity index (χ4n) is 1.83. The number of anilines is 1. The predicted molar refractivity (Wildman–Crippen MR) is 85.2 cm³/mol. The first-order valence-electron chi connectivity index (χ1n) is 6.58. The average Bonchev–Trinajstić information content (AvgIpc) is 2.85. The molecule has 0 atom stereocenters. The minimum atomic E-state index is -3.58. The molecule has 1 aromatic heterocycles. The van der Waals surface area contributed by atoms with E-state index in [0.717, 1.165) is 11.0 Å². The minimum Gasteiger partial charge on any atom is -0.264 e. The summed E-state index contributed by atoms with van der Waals surface area (Å²) < 4.78 is 28.4. The molecule has 0 amide bonds. The van der Waals surface area contributed by atoms with E-state index in [-0.39, 0.29) is 5.54 Å². The maximum absolute atomic E-state index is 12.1. The van der Waals surface area contributed by atoms with Gasteiger partial charge in [0.1, 0.15) is 5.82 Å². The molecule has 5 nitrogen and oxygen atoms in total. The Bertz CT molecular complexity index is 726. The second-order valence-corrected chi connectivity index (χ2v) is 7.23. The van der Waals surface area contributed by atoms with Crippen molar-refractivity contribution in [2.75, 3.05) is 4.72 Å². The minimum absolute atomic E-state index is 0.301. The highest BCUT2D eigenvalue weighted by Crippen LogP contribution is 2.20. The number of hydrogen-bond acceptors (Lipinski definition) is 3. The van der Waals surface area contributed by atoms with Crippen molar-refractivity contribution in [1.82, 2.24) is 9.78 Å². The van der Waals surface area contributed by atoms with Crippen molar-refractivity contribution in [3.05, 3.63) is 53.6 Å². The van der Waals surface area contributed by atoms with Crippen molar-refractivity contribution in [1.29, 1.82) is 0 Å². The lowest BCUT2D eigenvalue weighted by Gasteiger charge is -2.22. The number of nitrogens with one attached hydrogen (secondary N) is 1. The van der Waals surface area contributed by atoms with Crippen molar-refractivity contribution in [2.24, 2.45) is 0 Å². The normalized spacial score (nSPS) is 12.7. The maximum Gasteiger partial charge on any atom is 0.256 e. The molecule has 2 rings (SSSR count). The Morgan fingerprint density at radius 2 is 1.81 bits per heavy atom. The van der Waals surface area contributed by atoms with Gasteiger partial charge in [0.15, 0.2) is 0 Å². The second kappa shape index (κ2) is 5.73. The van der Waals surface area contributed by atoms with Crippen LogP contribution < -0.4 is 4.72 Å². The summed E-state index contributed by atoms with van der Waals surface area (Å²) in [6, 6.07) is 10.9. The summed E-state index contributed by atoms with van der Waals surface area (Å²) in [4.78, 5) is 0. The van der Waals surface area contributed by atoms with E-state index in [1.54, 1.807) is 23.0 Å². The zero-order valence-corrected chi connectivity index (χ0v) is 13.1. The molecule has 0 spiro atoms. The van der Waals surface area contributed by atoms with Gasteiger partial charge in [-0.3, -0.25) is 4.72 Å². The molecular formula is C15H19N3O2S. The molecule has 6 heteroatoms. The Hall–Kier alpha value is -2.08. The van der Waals surface area contributed by atoms with Gasteiger partial charge in [0, 0.05) is 6.07 Å². The van der Waals surface area contributed by atoms with Crippen LogP contribution in [-0.4, -0.2) is 18.2 Å². The first-order valence-corrected chi connectivity index (χ1v) is 8.13. The zero-order chi connectivity index (χ0) is 15.5. The van der Waals surface area contributed by atoms with E-state index in [9.17, 15) is 8.42 Å². The van der Waals surface area contributed by atoms with Gasteiger partial charge in [0.05, 0.1) is 17.1 Å². The predicted octanol–water partition coefficient (Wildman–Crippen LogP) is 3.05. The average molecular weight is 305 g/mol. The standard InChI is InChI=1S/C15H19N3O2S/c1-15(2,3)18-14(9-11-16-18)17-21(19,20)12-10-13-7-5-4-6-8-13/h4-12,17H,1-3H3/b12-10+. The summed E-state index contributed by atoms with van der Waals surface area (Å²) in [5.41, 5.74) is 0.525. The molecule has 1 aromatic carbocycles. The van der Waals surface area contributed by atoms with E-state index in [0.29, 0.717) is 5.82 Å². The molecule has 0 aliphatic heterocycles. The molecule has 0 aliphatic rings. The van der Waals surface area contributed by atoms with E-state index in [2.05, 4.69) is 9.82 Å². The van der Waals surface area contributed by atoms with E-state index < -0.39 is 10.0 Å². The van der Waals surface area contributed by atoms with Crippen LogP contribution in [0.2, 0.25) is 0 Å². The highest BCUT2D eigenvalue weighted by atomic mass is 32.2. The van der Waals surface area contributed by atoms with Gasteiger partial charge in [0.2, 0.25) is 0 Å². The van der Waals surface area contributed by atoms with Crippen LogP contribution in [0.25, 0.3) is 6.08 Å². The van der Waals surface area contributed by atoms with E-state index in [1.165, 1.54) is 0 Å². The highest BCUT2D eigenvalue weighted by Gasteiger charge is 2.19. The summed E-state index contributed by atoms with van der Waals surface area (Å²) in [6.45, 7) is 5.87. The lowest BCUT2D eigenvalue weighted by atomic mass is 10.1. The molecule has 1 heterocycles.